The SMILES string of the molecule is COc1ccc(N2CCOCC2)c(NC(=O)c2cc([N+](=O)[O-])ccc2N2CCOCC2)c1. The highest BCUT2D eigenvalue weighted by Crippen LogP contribution is 2.33. The van der Waals surface area contributed by atoms with Crippen molar-refractivity contribution in [2.75, 3.05) is 74.8 Å². The maximum absolute atomic E-state index is 13.4. The number of anilines is 3. The van der Waals surface area contributed by atoms with E-state index in [0.717, 1.165) is 5.69 Å². The molecule has 32 heavy (non-hydrogen) atoms. The van der Waals surface area contributed by atoms with Gasteiger partial charge in [0.15, 0.2) is 0 Å². The topological polar surface area (TPSA) is 106 Å². The Morgan fingerprint density at radius 2 is 1.56 bits per heavy atom. The van der Waals surface area contributed by atoms with Crippen LogP contribution in [-0.4, -0.2) is 70.5 Å². The second kappa shape index (κ2) is 9.84. The minimum atomic E-state index is -0.495. The predicted octanol–water partition coefficient (Wildman–Crippen LogP) is 2.53. The van der Waals surface area contributed by atoms with Crippen LogP contribution in [0.3, 0.4) is 0 Å². The highest BCUT2D eigenvalue weighted by Gasteiger charge is 2.24. The molecule has 2 saturated heterocycles. The first-order valence-corrected chi connectivity index (χ1v) is 10.5. The Morgan fingerprint density at radius 3 is 2.16 bits per heavy atom. The lowest BCUT2D eigenvalue weighted by Crippen LogP contribution is -2.38. The van der Waals surface area contributed by atoms with Crippen molar-refractivity contribution >= 4 is 28.7 Å². The Hall–Kier alpha value is -3.37. The van der Waals surface area contributed by atoms with Crippen LogP contribution in [-0.2, 0) is 9.47 Å². The monoisotopic (exact) mass is 442 g/mol. The standard InChI is InChI=1S/C22H26N4O6/c1-30-17-3-5-21(25-8-12-32-13-9-25)19(15-17)23-22(27)18-14-16(26(28)29)2-4-20(18)24-6-10-31-11-7-24/h2-5,14-15H,6-13H2,1H3,(H,23,27). The minimum absolute atomic E-state index is 0.133. The van der Waals surface area contributed by atoms with E-state index < -0.39 is 10.8 Å². The Balaban J connectivity index is 1.68. The zero-order valence-electron chi connectivity index (χ0n) is 17.9. The number of nitrogens with one attached hydrogen (secondary N) is 1. The summed E-state index contributed by atoms with van der Waals surface area (Å²) in [5.41, 5.74) is 2.19. The summed E-state index contributed by atoms with van der Waals surface area (Å²) in [6.45, 7) is 4.89. The van der Waals surface area contributed by atoms with Gasteiger partial charge in [-0.25, -0.2) is 0 Å². The van der Waals surface area contributed by atoms with Gasteiger partial charge >= 0.3 is 0 Å². The van der Waals surface area contributed by atoms with E-state index in [0.29, 0.717) is 69.7 Å². The largest absolute Gasteiger partial charge is 0.497 e. The zero-order chi connectivity index (χ0) is 22.5. The molecule has 0 radical (unpaired) electrons. The molecule has 2 aromatic carbocycles. The Kier molecular flexibility index (Phi) is 6.72. The third-order valence-electron chi connectivity index (χ3n) is 5.59. The second-order valence-electron chi connectivity index (χ2n) is 7.49. The number of non-ortho nitro benzene ring substituents is 1. The lowest BCUT2D eigenvalue weighted by Gasteiger charge is -2.31. The summed E-state index contributed by atoms with van der Waals surface area (Å²) < 4.78 is 16.2. The number of nitrogens with zero attached hydrogens (tertiary/aromatic N) is 3. The van der Waals surface area contributed by atoms with E-state index >= 15 is 0 Å². The second-order valence-corrected chi connectivity index (χ2v) is 7.49. The van der Waals surface area contributed by atoms with E-state index in [1.54, 1.807) is 19.2 Å². The van der Waals surface area contributed by atoms with Crippen LogP contribution >= 0.6 is 0 Å². The Labute approximate surface area is 185 Å². The molecule has 2 aliphatic rings. The van der Waals surface area contributed by atoms with Crippen LogP contribution in [0.25, 0.3) is 0 Å². The first kappa shape index (κ1) is 21.8. The van der Waals surface area contributed by atoms with E-state index in [-0.39, 0.29) is 11.3 Å². The number of hydrogen-bond donors (Lipinski definition) is 1. The van der Waals surface area contributed by atoms with Crippen molar-refractivity contribution in [3.8, 4) is 5.75 Å². The molecule has 2 aromatic rings. The fourth-order valence-corrected chi connectivity index (χ4v) is 3.91. The molecule has 0 aromatic heterocycles. The van der Waals surface area contributed by atoms with Crippen LogP contribution in [0.4, 0.5) is 22.7 Å². The van der Waals surface area contributed by atoms with Gasteiger partial charge in [-0.3, -0.25) is 14.9 Å². The van der Waals surface area contributed by atoms with Crippen molar-refractivity contribution in [3.63, 3.8) is 0 Å². The van der Waals surface area contributed by atoms with Crippen LogP contribution < -0.4 is 19.9 Å². The van der Waals surface area contributed by atoms with Gasteiger partial charge in [-0.2, -0.15) is 0 Å². The van der Waals surface area contributed by atoms with Gasteiger partial charge in [-0.15, -0.1) is 0 Å². The molecule has 0 spiro atoms. The van der Waals surface area contributed by atoms with Crippen molar-refractivity contribution in [3.05, 3.63) is 52.1 Å². The van der Waals surface area contributed by atoms with Gasteiger partial charge in [0.1, 0.15) is 5.75 Å². The number of morpholine rings is 2. The highest BCUT2D eigenvalue weighted by molar-refractivity contribution is 6.10. The third-order valence-corrected chi connectivity index (χ3v) is 5.59. The number of nitro benzene ring substituents is 1. The third kappa shape index (κ3) is 4.76. The highest BCUT2D eigenvalue weighted by atomic mass is 16.6. The maximum atomic E-state index is 13.4. The van der Waals surface area contributed by atoms with Gasteiger partial charge < -0.3 is 29.3 Å². The summed E-state index contributed by atoms with van der Waals surface area (Å²) in [5.74, 6) is 0.183. The van der Waals surface area contributed by atoms with Crippen molar-refractivity contribution in [2.24, 2.45) is 0 Å². The molecule has 2 heterocycles. The van der Waals surface area contributed by atoms with E-state index in [1.165, 1.54) is 12.1 Å². The summed E-state index contributed by atoms with van der Waals surface area (Å²) >= 11 is 0. The number of methoxy groups -OCH3 is 1. The quantitative estimate of drug-likeness (QED) is 0.537. The summed E-state index contributed by atoms with van der Waals surface area (Å²) in [6.07, 6.45) is 0. The first-order valence-electron chi connectivity index (χ1n) is 10.5. The number of rotatable bonds is 6. The molecule has 0 aliphatic carbocycles. The van der Waals surface area contributed by atoms with Crippen LogP contribution in [0.2, 0.25) is 0 Å². The number of ether oxygens (including phenoxy) is 3. The van der Waals surface area contributed by atoms with Gasteiger partial charge in [0.25, 0.3) is 11.6 Å². The van der Waals surface area contributed by atoms with Gasteiger partial charge in [-0.1, -0.05) is 0 Å². The average Bonchev–Trinajstić information content (AvgIpc) is 2.84. The van der Waals surface area contributed by atoms with E-state index in [9.17, 15) is 14.9 Å². The first-order chi connectivity index (χ1) is 15.6. The number of carbonyl (C=O) groups excluding carboxylic acids is 1. The van der Waals surface area contributed by atoms with Gasteiger partial charge in [0.05, 0.1) is 61.1 Å². The molecule has 170 valence electrons. The van der Waals surface area contributed by atoms with E-state index in [2.05, 4.69) is 10.2 Å². The number of benzene rings is 2. The van der Waals surface area contributed by atoms with Crippen LogP contribution in [0, 0.1) is 10.1 Å². The van der Waals surface area contributed by atoms with Gasteiger partial charge in [0.2, 0.25) is 0 Å². The maximum Gasteiger partial charge on any atom is 0.270 e. The molecule has 0 unspecified atom stereocenters. The number of hydrogen-bond acceptors (Lipinski definition) is 8. The molecule has 1 N–H and O–H groups in total. The van der Waals surface area contributed by atoms with Crippen molar-refractivity contribution in [2.45, 2.75) is 0 Å². The molecule has 2 fully saturated rings. The molecule has 4 rings (SSSR count). The minimum Gasteiger partial charge on any atom is -0.497 e. The molecule has 10 heteroatoms. The zero-order valence-corrected chi connectivity index (χ0v) is 17.9. The van der Waals surface area contributed by atoms with Crippen molar-refractivity contribution in [1.29, 1.82) is 0 Å². The fourth-order valence-electron chi connectivity index (χ4n) is 3.91. The summed E-state index contributed by atoms with van der Waals surface area (Å²) in [5, 5.41) is 14.3. The molecule has 0 atom stereocenters. The Bertz CT molecular complexity index is 986. The average molecular weight is 442 g/mol. The molecular weight excluding hydrogens is 416 g/mol. The number of amides is 1. The van der Waals surface area contributed by atoms with Crippen LogP contribution in [0.15, 0.2) is 36.4 Å². The molecule has 0 bridgehead atoms. The summed E-state index contributed by atoms with van der Waals surface area (Å²) in [6, 6.07) is 9.88. The van der Waals surface area contributed by atoms with Crippen LogP contribution in [0.5, 0.6) is 5.75 Å². The normalized spacial score (nSPS) is 16.5. The number of nitro groups is 1. The summed E-state index contributed by atoms with van der Waals surface area (Å²) in [7, 11) is 1.56. The Morgan fingerprint density at radius 1 is 0.969 bits per heavy atom. The van der Waals surface area contributed by atoms with Gasteiger partial charge in [0, 0.05) is 44.4 Å². The van der Waals surface area contributed by atoms with Gasteiger partial charge in [-0.05, 0) is 18.2 Å². The lowest BCUT2D eigenvalue weighted by atomic mass is 10.1. The molecular formula is C22H26N4O6. The van der Waals surface area contributed by atoms with Crippen molar-refractivity contribution < 1.29 is 23.9 Å². The molecule has 10 nitrogen and oxygen atoms in total. The fraction of sp³-hybridized carbons (Fsp3) is 0.409. The molecule has 2 aliphatic heterocycles. The summed E-state index contributed by atoms with van der Waals surface area (Å²) in [4.78, 5) is 28.4. The number of carbonyl (C=O) groups is 1. The lowest BCUT2D eigenvalue weighted by molar-refractivity contribution is -0.384. The van der Waals surface area contributed by atoms with Crippen LogP contribution in [0.1, 0.15) is 10.4 Å². The van der Waals surface area contributed by atoms with E-state index in [1.807, 2.05) is 17.0 Å². The van der Waals surface area contributed by atoms with E-state index in [4.69, 9.17) is 14.2 Å². The molecule has 1 amide bonds. The predicted molar refractivity (Wildman–Crippen MR) is 120 cm³/mol. The van der Waals surface area contributed by atoms with Crippen molar-refractivity contribution in [1.82, 2.24) is 0 Å². The smallest absolute Gasteiger partial charge is 0.270 e. The molecule has 0 saturated carbocycles.